The smallest absolute Gasteiger partial charge is 0.274 e. The van der Waals surface area contributed by atoms with Crippen molar-refractivity contribution >= 4 is 11.9 Å². The van der Waals surface area contributed by atoms with Crippen LogP contribution in [0.3, 0.4) is 0 Å². The molecule has 2 saturated heterocycles. The van der Waals surface area contributed by atoms with Crippen molar-refractivity contribution in [1.82, 2.24) is 24.6 Å². The molecular formula is C18H22N6O3. The van der Waals surface area contributed by atoms with E-state index in [1.165, 1.54) is 16.8 Å². The molecule has 27 heavy (non-hydrogen) atoms. The molecule has 0 saturated carbocycles. The van der Waals surface area contributed by atoms with Crippen LogP contribution in [0.1, 0.15) is 23.3 Å². The normalized spacial score (nSPS) is 21.9. The van der Waals surface area contributed by atoms with Gasteiger partial charge in [-0.15, -0.1) is 0 Å². The van der Waals surface area contributed by atoms with Gasteiger partial charge in [0.1, 0.15) is 5.69 Å². The molecular weight excluding hydrogens is 348 g/mol. The van der Waals surface area contributed by atoms with Crippen LogP contribution in [-0.2, 0) is 7.05 Å². The molecule has 2 fully saturated rings. The number of carbonyl (C=O) groups excluding carboxylic acids is 1. The standard InChI is InChI=1S/C18H22N6O3/c1-22-16(25)4-3-13(21-22)17(26)24-10-7-12-6-9-23(11-14(12)24)18-19-8-5-15(20-18)27-2/h3-5,8,12,14H,6-7,9-11H2,1-2H3. The second kappa shape index (κ2) is 6.98. The van der Waals surface area contributed by atoms with Gasteiger partial charge in [0.25, 0.3) is 11.5 Å². The summed E-state index contributed by atoms with van der Waals surface area (Å²) in [4.78, 5) is 37.3. The minimum atomic E-state index is -0.232. The molecule has 9 nitrogen and oxygen atoms in total. The van der Waals surface area contributed by atoms with Gasteiger partial charge in [0.15, 0.2) is 0 Å². The third kappa shape index (κ3) is 3.24. The highest BCUT2D eigenvalue weighted by Crippen LogP contribution is 2.33. The lowest BCUT2D eigenvalue weighted by molar-refractivity contribution is 0.0703. The van der Waals surface area contributed by atoms with E-state index in [0.717, 1.165) is 19.4 Å². The van der Waals surface area contributed by atoms with Crippen molar-refractivity contribution in [2.24, 2.45) is 13.0 Å². The van der Waals surface area contributed by atoms with Gasteiger partial charge in [-0.25, -0.2) is 9.67 Å². The lowest BCUT2D eigenvalue weighted by atomic mass is 9.92. The Bertz CT molecular complexity index is 914. The monoisotopic (exact) mass is 370 g/mol. The van der Waals surface area contributed by atoms with Crippen LogP contribution in [0, 0.1) is 5.92 Å². The van der Waals surface area contributed by atoms with E-state index in [2.05, 4.69) is 20.0 Å². The minimum Gasteiger partial charge on any atom is -0.481 e. The molecule has 2 aliphatic heterocycles. The highest BCUT2D eigenvalue weighted by atomic mass is 16.5. The van der Waals surface area contributed by atoms with Crippen LogP contribution in [0.15, 0.2) is 29.2 Å². The first kappa shape index (κ1) is 17.4. The molecule has 2 aromatic heterocycles. The van der Waals surface area contributed by atoms with E-state index in [0.29, 0.717) is 36.5 Å². The van der Waals surface area contributed by atoms with Crippen LogP contribution in [-0.4, -0.2) is 63.3 Å². The predicted molar refractivity (Wildman–Crippen MR) is 97.8 cm³/mol. The van der Waals surface area contributed by atoms with E-state index in [4.69, 9.17) is 4.74 Å². The lowest BCUT2D eigenvalue weighted by Crippen LogP contribution is -2.50. The lowest BCUT2D eigenvalue weighted by Gasteiger charge is -2.38. The summed E-state index contributed by atoms with van der Waals surface area (Å²) >= 11 is 0. The molecule has 0 N–H and O–H groups in total. The zero-order chi connectivity index (χ0) is 19.0. The van der Waals surface area contributed by atoms with Crippen LogP contribution < -0.4 is 15.2 Å². The Morgan fingerprint density at radius 3 is 2.81 bits per heavy atom. The molecule has 0 aromatic carbocycles. The molecule has 2 aromatic rings. The SMILES string of the molecule is COc1ccnc(N2CCC3CCN(C(=O)c4ccc(=O)n(C)n4)C3C2)n1. The van der Waals surface area contributed by atoms with Gasteiger partial charge in [0, 0.05) is 45.0 Å². The Labute approximate surface area is 156 Å². The summed E-state index contributed by atoms with van der Waals surface area (Å²) in [6.45, 7) is 2.23. The zero-order valence-corrected chi connectivity index (χ0v) is 15.4. The van der Waals surface area contributed by atoms with Gasteiger partial charge in [-0.1, -0.05) is 0 Å². The molecule has 142 valence electrons. The molecule has 2 unspecified atom stereocenters. The molecule has 4 rings (SSSR count). The number of rotatable bonds is 3. The van der Waals surface area contributed by atoms with E-state index in [9.17, 15) is 9.59 Å². The topological polar surface area (TPSA) is 93.5 Å². The predicted octanol–water partition coefficient (Wildman–Crippen LogP) is 0.320. The van der Waals surface area contributed by atoms with Crippen molar-refractivity contribution in [3.63, 3.8) is 0 Å². The number of hydrogen-bond donors (Lipinski definition) is 0. The number of likely N-dealkylation sites (tertiary alicyclic amines) is 1. The van der Waals surface area contributed by atoms with Gasteiger partial charge in [-0.05, 0) is 24.8 Å². The average molecular weight is 370 g/mol. The summed E-state index contributed by atoms with van der Waals surface area (Å²) in [7, 11) is 3.13. The summed E-state index contributed by atoms with van der Waals surface area (Å²) in [5.41, 5.74) is 0.0670. The van der Waals surface area contributed by atoms with Crippen molar-refractivity contribution in [3.05, 3.63) is 40.4 Å². The number of aromatic nitrogens is 4. The fraction of sp³-hybridized carbons (Fsp3) is 0.500. The quantitative estimate of drug-likeness (QED) is 0.768. The summed E-state index contributed by atoms with van der Waals surface area (Å²) in [5.74, 6) is 1.47. The average Bonchev–Trinajstić information content (AvgIpc) is 3.12. The van der Waals surface area contributed by atoms with Crippen molar-refractivity contribution < 1.29 is 9.53 Å². The number of piperidine rings is 1. The third-order valence-corrected chi connectivity index (χ3v) is 5.41. The van der Waals surface area contributed by atoms with Crippen molar-refractivity contribution in [2.45, 2.75) is 18.9 Å². The number of carbonyl (C=O) groups is 1. The van der Waals surface area contributed by atoms with Crippen LogP contribution in [0.2, 0.25) is 0 Å². The fourth-order valence-corrected chi connectivity index (χ4v) is 3.94. The maximum Gasteiger partial charge on any atom is 0.274 e. The van der Waals surface area contributed by atoms with E-state index in [-0.39, 0.29) is 17.5 Å². The van der Waals surface area contributed by atoms with Crippen molar-refractivity contribution in [1.29, 1.82) is 0 Å². The molecule has 0 bridgehead atoms. The molecule has 2 aliphatic rings. The van der Waals surface area contributed by atoms with E-state index in [1.54, 1.807) is 26.4 Å². The first-order valence-electron chi connectivity index (χ1n) is 9.04. The Hall–Kier alpha value is -2.97. The van der Waals surface area contributed by atoms with Crippen LogP contribution in [0.5, 0.6) is 5.88 Å². The number of anilines is 1. The van der Waals surface area contributed by atoms with Crippen molar-refractivity contribution in [2.75, 3.05) is 31.6 Å². The highest BCUT2D eigenvalue weighted by Gasteiger charge is 2.41. The van der Waals surface area contributed by atoms with E-state index in [1.807, 2.05) is 4.90 Å². The van der Waals surface area contributed by atoms with Crippen LogP contribution >= 0.6 is 0 Å². The van der Waals surface area contributed by atoms with E-state index < -0.39 is 0 Å². The number of fused-ring (bicyclic) bond motifs is 1. The number of amides is 1. The molecule has 1 amide bonds. The molecule has 2 atom stereocenters. The molecule has 0 spiro atoms. The maximum absolute atomic E-state index is 13.0. The minimum absolute atomic E-state index is 0.0834. The van der Waals surface area contributed by atoms with Gasteiger partial charge in [0.2, 0.25) is 11.8 Å². The van der Waals surface area contributed by atoms with E-state index >= 15 is 0 Å². The molecule has 0 radical (unpaired) electrons. The number of hydrogen-bond acceptors (Lipinski definition) is 7. The fourth-order valence-electron chi connectivity index (χ4n) is 3.94. The molecule has 0 aliphatic carbocycles. The zero-order valence-electron chi connectivity index (χ0n) is 15.4. The highest BCUT2D eigenvalue weighted by molar-refractivity contribution is 5.92. The van der Waals surface area contributed by atoms with Gasteiger partial charge in [0.05, 0.1) is 13.2 Å². The van der Waals surface area contributed by atoms with Gasteiger partial charge in [-0.3, -0.25) is 9.59 Å². The van der Waals surface area contributed by atoms with Crippen LogP contribution in [0.4, 0.5) is 5.95 Å². The number of aryl methyl sites for hydroxylation is 1. The number of methoxy groups -OCH3 is 1. The number of nitrogens with zero attached hydrogens (tertiary/aromatic N) is 6. The van der Waals surface area contributed by atoms with Gasteiger partial charge in [-0.2, -0.15) is 10.1 Å². The second-order valence-electron chi connectivity index (χ2n) is 6.93. The Morgan fingerprint density at radius 1 is 1.22 bits per heavy atom. The summed E-state index contributed by atoms with van der Waals surface area (Å²) in [6.07, 6.45) is 3.64. The van der Waals surface area contributed by atoms with Gasteiger partial charge < -0.3 is 14.5 Å². The second-order valence-corrected chi connectivity index (χ2v) is 6.93. The Morgan fingerprint density at radius 2 is 2.04 bits per heavy atom. The molecule has 9 heteroatoms. The number of ether oxygens (including phenoxy) is 1. The van der Waals surface area contributed by atoms with Crippen molar-refractivity contribution in [3.8, 4) is 5.88 Å². The summed E-state index contributed by atoms with van der Waals surface area (Å²) in [6, 6.07) is 4.68. The van der Waals surface area contributed by atoms with Crippen LogP contribution in [0.25, 0.3) is 0 Å². The maximum atomic E-state index is 13.0. The largest absolute Gasteiger partial charge is 0.481 e. The van der Waals surface area contributed by atoms with Gasteiger partial charge >= 0.3 is 0 Å². The third-order valence-electron chi connectivity index (χ3n) is 5.41. The summed E-state index contributed by atoms with van der Waals surface area (Å²) in [5, 5.41) is 4.11. The Balaban J connectivity index is 1.55. The molecule has 4 heterocycles. The summed E-state index contributed by atoms with van der Waals surface area (Å²) < 4.78 is 6.38. The first-order chi connectivity index (χ1) is 13.1. The first-order valence-corrected chi connectivity index (χ1v) is 9.04. The Kier molecular flexibility index (Phi) is 4.51.